The summed E-state index contributed by atoms with van der Waals surface area (Å²) in [5.41, 5.74) is 8.77. The minimum atomic E-state index is -4.26. The first-order valence-corrected chi connectivity index (χ1v) is 11.9. The Kier molecular flexibility index (Phi) is 5.22. The van der Waals surface area contributed by atoms with E-state index in [2.05, 4.69) is 37.0 Å². The summed E-state index contributed by atoms with van der Waals surface area (Å²) in [6, 6.07) is 9.46. The molecule has 0 unspecified atom stereocenters. The van der Waals surface area contributed by atoms with E-state index in [-0.39, 0.29) is 11.0 Å². The summed E-state index contributed by atoms with van der Waals surface area (Å²) < 4.78 is 40.2. The zero-order valence-electron chi connectivity index (χ0n) is 19.6. The highest BCUT2D eigenvalue weighted by Crippen LogP contribution is 2.42. The molecule has 3 aromatic heterocycles. The molecule has 1 aromatic carbocycles. The van der Waals surface area contributed by atoms with Gasteiger partial charge in [0, 0.05) is 48.7 Å². The molecule has 1 amide bonds. The van der Waals surface area contributed by atoms with E-state index < -0.39 is 18.5 Å². The topological polar surface area (TPSA) is 95.6 Å². The third kappa shape index (κ3) is 4.27. The van der Waals surface area contributed by atoms with Crippen LogP contribution in [0.4, 0.5) is 19.0 Å². The second kappa shape index (κ2) is 8.22. The van der Waals surface area contributed by atoms with Gasteiger partial charge in [-0.1, -0.05) is 12.1 Å². The molecule has 188 valence electrons. The Balaban J connectivity index is 1.16. The fourth-order valence-electron chi connectivity index (χ4n) is 5.82. The van der Waals surface area contributed by atoms with Crippen molar-refractivity contribution in [2.24, 2.45) is 11.1 Å². The number of benzene rings is 1. The monoisotopic (exact) mass is 497 g/mol. The van der Waals surface area contributed by atoms with Crippen LogP contribution < -0.4 is 10.6 Å². The van der Waals surface area contributed by atoms with E-state index in [1.54, 1.807) is 12.1 Å². The van der Waals surface area contributed by atoms with Crippen molar-refractivity contribution in [3.05, 3.63) is 59.7 Å². The van der Waals surface area contributed by atoms with Crippen LogP contribution in [0, 0.1) is 5.41 Å². The summed E-state index contributed by atoms with van der Waals surface area (Å²) in [6.07, 6.45) is -0.336. The van der Waals surface area contributed by atoms with Crippen molar-refractivity contribution >= 4 is 28.1 Å². The highest BCUT2D eigenvalue weighted by atomic mass is 19.4. The Bertz CT molecular complexity index is 1460. The van der Waals surface area contributed by atoms with Crippen molar-refractivity contribution in [3.8, 4) is 0 Å². The van der Waals surface area contributed by atoms with E-state index in [1.807, 2.05) is 6.07 Å². The number of carbonyl (C=O) groups excluding carboxylic acids is 1. The Morgan fingerprint density at radius 3 is 2.75 bits per heavy atom. The molecule has 2 fully saturated rings. The maximum Gasteiger partial charge on any atom is 0.393 e. The van der Waals surface area contributed by atoms with Gasteiger partial charge in [0.2, 0.25) is 0 Å². The molecule has 3 N–H and O–H groups in total. The van der Waals surface area contributed by atoms with E-state index >= 15 is 0 Å². The maximum atomic E-state index is 12.9. The molecule has 36 heavy (non-hydrogen) atoms. The van der Waals surface area contributed by atoms with Gasteiger partial charge in [-0.2, -0.15) is 18.3 Å². The fourth-order valence-corrected chi connectivity index (χ4v) is 5.82. The van der Waals surface area contributed by atoms with E-state index in [0.717, 1.165) is 62.0 Å². The molecule has 8 nitrogen and oxygen atoms in total. The number of anilines is 1. The lowest BCUT2D eigenvalue weighted by Gasteiger charge is -2.25. The number of carbonyl (C=O) groups is 1. The number of hydrogen-bond donors (Lipinski definition) is 2. The Morgan fingerprint density at radius 1 is 1.11 bits per heavy atom. The molecule has 1 atom stereocenters. The standard InChI is InChI=1S/C25H26F3N7O/c26-25(27,28)10-17-8-21-23(30-15-31-35(21)12-17)34-6-4-24(14-34)3-5-33(13-24)11-16-1-2-18-9-20(22(29)36)32-19(18)7-16/h1-2,7-9,12,15,32H,3-6,10-11,13-14H2,(H2,29,36)/t24-/m1/s1. The fraction of sp³-hybridized carbons (Fsp3) is 0.400. The van der Waals surface area contributed by atoms with Gasteiger partial charge in [0.15, 0.2) is 5.82 Å². The average Bonchev–Trinajstić information content (AvgIpc) is 3.58. The lowest BCUT2D eigenvalue weighted by atomic mass is 9.86. The number of H-pyrrole nitrogens is 1. The summed E-state index contributed by atoms with van der Waals surface area (Å²) in [4.78, 5) is 23.6. The molecule has 11 heteroatoms. The first kappa shape index (κ1) is 22.8. The van der Waals surface area contributed by atoms with E-state index in [9.17, 15) is 18.0 Å². The number of likely N-dealkylation sites (tertiary alicyclic amines) is 1. The average molecular weight is 498 g/mol. The molecular formula is C25H26F3N7O. The van der Waals surface area contributed by atoms with Crippen LogP contribution in [-0.2, 0) is 13.0 Å². The lowest BCUT2D eigenvalue weighted by molar-refractivity contribution is -0.127. The van der Waals surface area contributed by atoms with Gasteiger partial charge in [-0.05, 0) is 48.7 Å². The van der Waals surface area contributed by atoms with Crippen LogP contribution in [0.3, 0.4) is 0 Å². The molecule has 0 aliphatic carbocycles. The molecule has 0 saturated carbocycles. The third-order valence-electron chi connectivity index (χ3n) is 7.46. The number of nitrogens with two attached hydrogens (primary N) is 1. The van der Waals surface area contributed by atoms with Gasteiger partial charge in [0.1, 0.15) is 17.5 Å². The summed E-state index contributed by atoms with van der Waals surface area (Å²) >= 11 is 0. The molecule has 4 aromatic rings. The van der Waals surface area contributed by atoms with Gasteiger partial charge in [0.05, 0.1) is 6.42 Å². The molecule has 1 spiro atoms. The number of halogens is 3. The number of primary amides is 1. The Morgan fingerprint density at radius 2 is 1.94 bits per heavy atom. The van der Waals surface area contributed by atoms with Gasteiger partial charge in [-0.25, -0.2) is 9.50 Å². The second-order valence-corrected chi connectivity index (χ2v) is 10.2. The van der Waals surface area contributed by atoms with Gasteiger partial charge < -0.3 is 15.6 Å². The van der Waals surface area contributed by atoms with Crippen LogP contribution in [0.5, 0.6) is 0 Å². The summed E-state index contributed by atoms with van der Waals surface area (Å²) in [5, 5.41) is 5.08. The van der Waals surface area contributed by atoms with Crippen molar-refractivity contribution < 1.29 is 18.0 Å². The van der Waals surface area contributed by atoms with Crippen LogP contribution in [0.1, 0.15) is 34.5 Å². The van der Waals surface area contributed by atoms with Gasteiger partial charge in [-0.15, -0.1) is 0 Å². The molecule has 2 aliphatic rings. The number of amides is 1. The van der Waals surface area contributed by atoms with Crippen molar-refractivity contribution in [1.29, 1.82) is 0 Å². The second-order valence-electron chi connectivity index (χ2n) is 10.2. The molecule has 2 aliphatic heterocycles. The number of nitrogens with one attached hydrogen (secondary N) is 1. The van der Waals surface area contributed by atoms with Crippen LogP contribution in [-0.4, -0.2) is 62.7 Å². The molecule has 0 bridgehead atoms. The predicted octanol–water partition coefficient (Wildman–Crippen LogP) is 3.52. The van der Waals surface area contributed by atoms with E-state index in [4.69, 9.17) is 5.73 Å². The number of rotatable bonds is 5. The highest BCUT2D eigenvalue weighted by Gasteiger charge is 2.44. The highest BCUT2D eigenvalue weighted by molar-refractivity contribution is 5.97. The summed E-state index contributed by atoms with van der Waals surface area (Å²) in [6.45, 7) is 4.35. The number of fused-ring (bicyclic) bond motifs is 2. The van der Waals surface area contributed by atoms with Crippen molar-refractivity contribution in [3.63, 3.8) is 0 Å². The van der Waals surface area contributed by atoms with Gasteiger partial charge in [-0.3, -0.25) is 9.69 Å². The summed E-state index contributed by atoms with van der Waals surface area (Å²) in [7, 11) is 0. The van der Waals surface area contributed by atoms with Crippen LogP contribution in [0.2, 0.25) is 0 Å². The zero-order chi connectivity index (χ0) is 25.1. The number of alkyl halides is 3. The van der Waals surface area contributed by atoms with Crippen LogP contribution in [0.15, 0.2) is 42.9 Å². The Labute approximate surface area is 204 Å². The summed E-state index contributed by atoms with van der Waals surface area (Å²) in [5.74, 6) is 0.217. The molecule has 0 radical (unpaired) electrons. The normalized spacial score (nSPS) is 20.9. The number of nitrogens with zero attached hydrogens (tertiary/aromatic N) is 5. The molecular weight excluding hydrogens is 471 g/mol. The predicted molar refractivity (Wildman–Crippen MR) is 129 cm³/mol. The smallest absolute Gasteiger partial charge is 0.364 e. The molecule has 6 rings (SSSR count). The minimum Gasteiger partial charge on any atom is -0.364 e. The maximum absolute atomic E-state index is 12.9. The third-order valence-corrected chi connectivity index (χ3v) is 7.46. The van der Waals surface area contributed by atoms with Crippen molar-refractivity contribution in [2.45, 2.75) is 32.0 Å². The SMILES string of the molecule is NC(=O)c1cc2ccc(CN3CC[C@@]4(CCN(c5ncnn6cc(CC(F)(F)F)cc56)C4)C3)cc2[nH]1. The van der Waals surface area contributed by atoms with Crippen molar-refractivity contribution in [1.82, 2.24) is 24.5 Å². The number of hydrogen-bond acceptors (Lipinski definition) is 5. The lowest BCUT2D eigenvalue weighted by Crippen LogP contribution is -2.31. The first-order valence-electron chi connectivity index (χ1n) is 11.9. The number of aromatic nitrogens is 4. The molecule has 5 heterocycles. The quantitative estimate of drug-likeness (QED) is 0.440. The number of aromatic amines is 1. The molecule has 2 saturated heterocycles. The van der Waals surface area contributed by atoms with Gasteiger partial charge >= 0.3 is 6.18 Å². The largest absolute Gasteiger partial charge is 0.393 e. The van der Waals surface area contributed by atoms with Crippen molar-refractivity contribution in [2.75, 3.05) is 31.1 Å². The minimum absolute atomic E-state index is 0.124. The van der Waals surface area contributed by atoms with Gasteiger partial charge in [0.25, 0.3) is 5.91 Å². The van der Waals surface area contributed by atoms with E-state index in [0.29, 0.717) is 17.0 Å². The van der Waals surface area contributed by atoms with E-state index in [1.165, 1.54) is 17.0 Å². The van der Waals surface area contributed by atoms with Crippen LogP contribution >= 0.6 is 0 Å². The zero-order valence-corrected chi connectivity index (χ0v) is 19.6. The van der Waals surface area contributed by atoms with Crippen LogP contribution in [0.25, 0.3) is 16.4 Å². The Hall–Kier alpha value is -3.60. The first-order chi connectivity index (χ1) is 17.2.